The summed E-state index contributed by atoms with van der Waals surface area (Å²) in [4.78, 5) is 11.4. The summed E-state index contributed by atoms with van der Waals surface area (Å²) in [5.41, 5.74) is 0.437. The van der Waals surface area contributed by atoms with Crippen molar-refractivity contribution >= 4 is 17.7 Å². The van der Waals surface area contributed by atoms with Crippen molar-refractivity contribution in [2.24, 2.45) is 0 Å². The topological polar surface area (TPSA) is 62.1 Å². The zero-order valence-electron chi connectivity index (χ0n) is 11.6. The van der Waals surface area contributed by atoms with Crippen LogP contribution in [0.25, 0.3) is 0 Å². The van der Waals surface area contributed by atoms with Crippen LogP contribution < -0.4 is 5.32 Å². The molecule has 104 valence electrons. The summed E-state index contributed by atoms with van der Waals surface area (Å²) < 4.78 is 5.06. The number of amides is 1. The van der Waals surface area contributed by atoms with Gasteiger partial charge in [0.05, 0.1) is 12.1 Å². The van der Waals surface area contributed by atoms with E-state index in [2.05, 4.69) is 17.2 Å². The van der Waals surface area contributed by atoms with Gasteiger partial charge in [0.1, 0.15) is 11.7 Å². The van der Waals surface area contributed by atoms with Crippen LogP contribution in [-0.2, 0) is 4.74 Å². The van der Waals surface area contributed by atoms with Crippen molar-refractivity contribution in [3.05, 3.63) is 34.3 Å². The van der Waals surface area contributed by atoms with E-state index in [9.17, 15) is 4.79 Å². The average molecular weight is 291 g/mol. The smallest absolute Gasteiger partial charge is 0.408 e. The fourth-order valence-electron chi connectivity index (χ4n) is 1.29. The molecule has 0 heterocycles. The lowest BCUT2D eigenvalue weighted by Gasteiger charge is -2.18. The van der Waals surface area contributed by atoms with Gasteiger partial charge in [-0.15, -0.1) is 0 Å². The van der Waals surface area contributed by atoms with Gasteiger partial charge in [-0.25, -0.2) is 4.79 Å². The lowest BCUT2D eigenvalue weighted by Crippen LogP contribution is -2.32. The molecule has 0 saturated heterocycles. The van der Waals surface area contributed by atoms with E-state index in [-0.39, 0.29) is 6.54 Å². The molecule has 0 spiro atoms. The van der Waals surface area contributed by atoms with E-state index in [0.717, 1.165) is 0 Å². The maximum Gasteiger partial charge on any atom is 0.408 e. The number of benzene rings is 1. The molecular formula is C15H15ClN2O2. The Morgan fingerprint density at radius 1 is 1.40 bits per heavy atom. The van der Waals surface area contributed by atoms with Crippen LogP contribution in [0.5, 0.6) is 0 Å². The molecule has 0 unspecified atom stereocenters. The number of carbonyl (C=O) groups is 1. The quantitative estimate of drug-likeness (QED) is 0.809. The summed E-state index contributed by atoms with van der Waals surface area (Å²) in [6.45, 7) is 5.49. The normalized spacial score (nSPS) is 9.95. The average Bonchev–Trinajstić information content (AvgIpc) is 2.33. The van der Waals surface area contributed by atoms with E-state index in [1.54, 1.807) is 39.0 Å². The molecule has 0 saturated carbocycles. The van der Waals surface area contributed by atoms with Crippen molar-refractivity contribution in [2.45, 2.75) is 26.4 Å². The third-order valence-corrected chi connectivity index (χ3v) is 2.28. The molecule has 0 aliphatic rings. The van der Waals surface area contributed by atoms with Crippen molar-refractivity contribution in [1.29, 1.82) is 5.26 Å². The zero-order chi connectivity index (χ0) is 15.2. The molecule has 5 heteroatoms. The first kappa shape index (κ1) is 15.9. The van der Waals surface area contributed by atoms with E-state index in [4.69, 9.17) is 21.6 Å². The minimum absolute atomic E-state index is 0.141. The van der Waals surface area contributed by atoms with Crippen LogP contribution in [0.1, 0.15) is 31.9 Å². The van der Waals surface area contributed by atoms with Gasteiger partial charge in [-0.05, 0) is 39.0 Å². The first-order valence-corrected chi connectivity index (χ1v) is 6.35. The summed E-state index contributed by atoms with van der Waals surface area (Å²) in [5.74, 6) is 5.56. The molecule has 0 bridgehead atoms. The van der Waals surface area contributed by atoms with Gasteiger partial charge < -0.3 is 10.1 Å². The number of nitrogens with zero attached hydrogens (tertiary/aromatic N) is 1. The minimum Gasteiger partial charge on any atom is -0.444 e. The van der Waals surface area contributed by atoms with Gasteiger partial charge in [-0.2, -0.15) is 5.26 Å². The highest BCUT2D eigenvalue weighted by Gasteiger charge is 2.14. The standard InChI is InChI=1S/C15H15ClN2O2/c1-15(2,3)20-14(19)18-8-4-5-11-6-7-13(16)9-12(11)10-17/h6-7,9H,8H2,1-3H3,(H,18,19). The highest BCUT2D eigenvalue weighted by molar-refractivity contribution is 6.30. The van der Waals surface area contributed by atoms with Crippen LogP contribution in [-0.4, -0.2) is 18.2 Å². The largest absolute Gasteiger partial charge is 0.444 e. The van der Waals surface area contributed by atoms with Crippen LogP contribution in [0.15, 0.2) is 18.2 Å². The lowest BCUT2D eigenvalue weighted by molar-refractivity contribution is 0.0535. The molecule has 4 nitrogen and oxygen atoms in total. The number of alkyl carbamates (subject to hydrolysis) is 1. The highest BCUT2D eigenvalue weighted by atomic mass is 35.5. The first-order chi connectivity index (χ1) is 9.31. The maximum atomic E-state index is 11.4. The van der Waals surface area contributed by atoms with Gasteiger partial charge in [0.15, 0.2) is 0 Å². The van der Waals surface area contributed by atoms with Crippen molar-refractivity contribution in [3.63, 3.8) is 0 Å². The van der Waals surface area contributed by atoms with E-state index < -0.39 is 11.7 Å². The molecular weight excluding hydrogens is 276 g/mol. The molecule has 0 atom stereocenters. The minimum atomic E-state index is -0.540. The van der Waals surface area contributed by atoms with Gasteiger partial charge in [0.2, 0.25) is 0 Å². The summed E-state index contributed by atoms with van der Waals surface area (Å²) in [7, 11) is 0. The van der Waals surface area contributed by atoms with Crippen LogP contribution in [0.2, 0.25) is 5.02 Å². The molecule has 0 aliphatic heterocycles. The second-order valence-corrected chi connectivity index (χ2v) is 5.40. The van der Waals surface area contributed by atoms with Crippen molar-refractivity contribution in [2.75, 3.05) is 6.54 Å². The summed E-state index contributed by atoms with van der Waals surface area (Å²) >= 11 is 5.79. The Morgan fingerprint density at radius 3 is 2.70 bits per heavy atom. The van der Waals surface area contributed by atoms with Gasteiger partial charge in [0, 0.05) is 10.6 Å². The van der Waals surface area contributed by atoms with E-state index in [0.29, 0.717) is 16.1 Å². The molecule has 1 amide bonds. The molecule has 1 aromatic rings. The Morgan fingerprint density at radius 2 is 2.10 bits per heavy atom. The molecule has 20 heavy (non-hydrogen) atoms. The van der Waals surface area contributed by atoms with Gasteiger partial charge in [0.25, 0.3) is 0 Å². The van der Waals surface area contributed by atoms with Gasteiger partial charge >= 0.3 is 6.09 Å². The van der Waals surface area contributed by atoms with Crippen molar-refractivity contribution < 1.29 is 9.53 Å². The van der Waals surface area contributed by atoms with Crippen LogP contribution in [0, 0.1) is 23.2 Å². The second kappa shape index (κ2) is 6.84. The molecule has 0 aliphatic carbocycles. The lowest BCUT2D eigenvalue weighted by atomic mass is 10.1. The second-order valence-electron chi connectivity index (χ2n) is 4.96. The number of nitriles is 1. The van der Waals surface area contributed by atoms with E-state index in [1.807, 2.05) is 6.07 Å². The van der Waals surface area contributed by atoms with Crippen LogP contribution in [0.4, 0.5) is 4.79 Å². The molecule has 0 radical (unpaired) electrons. The predicted octanol–water partition coefficient (Wildman–Crippen LogP) is 3.09. The number of hydrogen-bond acceptors (Lipinski definition) is 3. The fourth-order valence-corrected chi connectivity index (χ4v) is 1.46. The van der Waals surface area contributed by atoms with E-state index >= 15 is 0 Å². The van der Waals surface area contributed by atoms with Crippen LogP contribution in [0.3, 0.4) is 0 Å². The SMILES string of the molecule is CC(C)(C)OC(=O)NCC#Cc1ccc(Cl)cc1C#N. The number of ether oxygens (including phenoxy) is 1. The third kappa shape index (κ3) is 5.65. The van der Waals surface area contributed by atoms with Crippen molar-refractivity contribution in [1.82, 2.24) is 5.32 Å². The van der Waals surface area contributed by atoms with Gasteiger partial charge in [-0.3, -0.25) is 0 Å². The molecule has 1 aromatic carbocycles. The summed E-state index contributed by atoms with van der Waals surface area (Å²) in [6.07, 6.45) is -0.525. The Labute approximate surface area is 123 Å². The Hall–Kier alpha value is -2.17. The number of halogens is 1. The third-order valence-electron chi connectivity index (χ3n) is 2.05. The summed E-state index contributed by atoms with van der Waals surface area (Å²) in [6, 6.07) is 6.90. The maximum absolute atomic E-state index is 11.4. The number of hydrogen-bond donors (Lipinski definition) is 1. The predicted molar refractivity (Wildman–Crippen MR) is 77.3 cm³/mol. The summed E-state index contributed by atoms with van der Waals surface area (Å²) in [5, 5.41) is 11.9. The molecule has 1 N–H and O–H groups in total. The Balaban J connectivity index is 2.60. The van der Waals surface area contributed by atoms with Crippen molar-refractivity contribution in [3.8, 4) is 17.9 Å². The number of nitrogens with one attached hydrogen (secondary N) is 1. The molecule has 0 fully saturated rings. The van der Waals surface area contributed by atoms with Crippen LogP contribution >= 0.6 is 11.6 Å². The van der Waals surface area contributed by atoms with Gasteiger partial charge in [-0.1, -0.05) is 23.4 Å². The Kier molecular flexibility index (Phi) is 5.43. The first-order valence-electron chi connectivity index (χ1n) is 5.97. The zero-order valence-corrected chi connectivity index (χ0v) is 12.3. The van der Waals surface area contributed by atoms with E-state index in [1.165, 1.54) is 0 Å². The number of rotatable bonds is 1. The molecule has 0 aromatic heterocycles. The highest BCUT2D eigenvalue weighted by Crippen LogP contribution is 2.14. The number of carbonyl (C=O) groups excluding carboxylic acids is 1. The fraction of sp³-hybridized carbons (Fsp3) is 0.333. The molecule has 1 rings (SSSR count). The monoisotopic (exact) mass is 290 g/mol. The Bertz CT molecular complexity index is 601.